The van der Waals surface area contributed by atoms with E-state index in [2.05, 4.69) is 15.3 Å². The van der Waals surface area contributed by atoms with Gasteiger partial charge in [-0.3, -0.25) is 19.7 Å². The number of nitrogens with one attached hydrogen (secondary N) is 2. The van der Waals surface area contributed by atoms with Crippen LogP contribution in [0.15, 0.2) is 34.2 Å². The average molecular weight is 351 g/mol. The number of hydrogen-bond acceptors (Lipinski definition) is 8. The number of nitrogens with two attached hydrogens (primary N) is 1. The van der Waals surface area contributed by atoms with Crippen molar-refractivity contribution in [1.29, 1.82) is 0 Å². The quantitative estimate of drug-likeness (QED) is 0.301. The Bertz CT molecular complexity index is 838. The maximum atomic E-state index is 12.0. The Balaban J connectivity index is 2.04. The largest absolute Gasteiger partial charge is 0.494 e. The molecule has 1 heterocycles. The topological polar surface area (TPSA) is 153 Å². The Hall–Kier alpha value is -3.08. The van der Waals surface area contributed by atoms with Gasteiger partial charge in [0.05, 0.1) is 29.5 Å². The number of thioether (sulfide) groups is 1. The van der Waals surface area contributed by atoms with Gasteiger partial charge in [0.1, 0.15) is 11.6 Å². The summed E-state index contributed by atoms with van der Waals surface area (Å²) in [5.74, 6) is -0.235. The third kappa shape index (κ3) is 4.46. The number of benzene rings is 1. The van der Waals surface area contributed by atoms with Crippen molar-refractivity contribution in [3.63, 3.8) is 0 Å². The SMILES string of the molecule is COc1cc([N+](=O)[O-])ccc1NC(=O)CSc1nc(N)cc(=O)[nH]1. The number of amides is 1. The summed E-state index contributed by atoms with van der Waals surface area (Å²) in [4.78, 5) is 39.7. The first-order valence-electron chi connectivity index (χ1n) is 6.51. The highest BCUT2D eigenvalue weighted by Crippen LogP contribution is 2.29. The third-order valence-corrected chi connectivity index (χ3v) is 3.62. The number of nitro groups is 1. The van der Waals surface area contributed by atoms with E-state index in [1.54, 1.807) is 0 Å². The number of nitro benzene ring substituents is 1. The van der Waals surface area contributed by atoms with Crippen molar-refractivity contribution in [3.05, 3.63) is 44.7 Å². The van der Waals surface area contributed by atoms with Crippen LogP contribution in [0.4, 0.5) is 17.2 Å². The number of rotatable bonds is 6. The van der Waals surface area contributed by atoms with Crippen LogP contribution < -0.4 is 21.3 Å². The molecule has 0 fully saturated rings. The maximum absolute atomic E-state index is 12.0. The molecule has 2 rings (SSSR count). The number of anilines is 2. The molecule has 0 radical (unpaired) electrons. The zero-order valence-electron chi connectivity index (χ0n) is 12.4. The molecule has 2 aromatic rings. The normalized spacial score (nSPS) is 10.2. The van der Waals surface area contributed by atoms with Crippen molar-refractivity contribution in [2.75, 3.05) is 23.9 Å². The summed E-state index contributed by atoms with van der Waals surface area (Å²) in [5, 5.41) is 13.5. The molecule has 0 saturated carbocycles. The van der Waals surface area contributed by atoms with Crippen molar-refractivity contribution in [2.45, 2.75) is 5.16 Å². The van der Waals surface area contributed by atoms with E-state index in [1.165, 1.54) is 25.3 Å². The Morgan fingerprint density at radius 2 is 2.25 bits per heavy atom. The van der Waals surface area contributed by atoms with Crippen molar-refractivity contribution in [1.82, 2.24) is 9.97 Å². The Morgan fingerprint density at radius 1 is 1.50 bits per heavy atom. The van der Waals surface area contributed by atoms with E-state index >= 15 is 0 Å². The van der Waals surface area contributed by atoms with Crippen LogP contribution in [-0.4, -0.2) is 33.7 Å². The standard InChI is InChI=1S/C13H13N5O5S/c1-23-9-4-7(18(21)22)2-3-8(9)15-12(20)6-24-13-16-10(14)5-11(19)17-13/h2-5H,6H2,1H3,(H,15,20)(H3,14,16,17,19). The highest BCUT2D eigenvalue weighted by Gasteiger charge is 2.14. The van der Waals surface area contributed by atoms with Crippen LogP contribution in [0.3, 0.4) is 0 Å². The molecule has 4 N–H and O–H groups in total. The number of carbonyl (C=O) groups excluding carboxylic acids is 1. The highest BCUT2D eigenvalue weighted by molar-refractivity contribution is 7.99. The van der Waals surface area contributed by atoms with E-state index in [9.17, 15) is 19.7 Å². The van der Waals surface area contributed by atoms with Gasteiger partial charge in [-0.25, -0.2) is 4.98 Å². The number of ether oxygens (including phenoxy) is 1. The Labute approximate surface area is 139 Å². The van der Waals surface area contributed by atoms with Gasteiger partial charge in [0.2, 0.25) is 5.91 Å². The van der Waals surface area contributed by atoms with Gasteiger partial charge in [-0.2, -0.15) is 0 Å². The molecule has 0 aliphatic heterocycles. The molecule has 0 aliphatic rings. The van der Waals surface area contributed by atoms with E-state index in [0.29, 0.717) is 5.69 Å². The Morgan fingerprint density at radius 3 is 2.88 bits per heavy atom. The first-order chi connectivity index (χ1) is 11.4. The van der Waals surface area contributed by atoms with E-state index in [4.69, 9.17) is 10.5 Å². The van der Waals surface area contributed by atoms with E-state index < -0.39 is 16.4 Å². The first-order valence-corrected chi connectivity index (χ1v) is 7.49. The van der Waals surface area contributed by atoms with E-state index in [0.717, 1.165) is 17.8 Å². The zero-order chi connectivity index (χ0) is 17.7. The lowest BCUT2D eigenvalue weighted by Gasteiger charge is -2.09. The second-order valence-electron chi connectivity index (χ2n) is 4.45. The molecule has 11 heteroatoms. The van der Waals surface area contributed by atoms with Gasteiger partial charge in [0.25, 0.3) is 11.2 Å². The highest BCUT2D eigenvalue weighted by atomic mass is 32.2. The number of H-pyrrole nitrogens is 1. The van der Waals surface area contributed by atoms with Crippen LogP contribution in [0.1, 0.15) is 0 Å². The molecule has 1 amide bonds. The van der Waals surface area contributed by atoms with Gasteiger partial charge in [-0.1, -0.05) is 11.8 Å². The van der Waals surface area contributed by atoms with Crippen LogP contribution in [-0.2, 0) is 4.79 Å². The van der Waals surface area contributed by atoms with Crippen LogP contribution in [0, 0.1) is 10.1 Å². The fourth-order valence-corrected chi connectivity index (χ4v) is 2.42. The number of nitrogen functional groups attached to an aromatic ring is 1. The number of nitrogens with zero attached hydrogens (tertiary/aromatic N) is 2. The predicted molar refractivity (Wildman–Crippen MR) is 88.3 cm³/mol. The van der Waals surface area contributed by atoms with Crippen LogP contribution in [0.2, 0.25) is 0 Å². The number of hydrogen-bond donors (Lipinski definition) is 3. The fraction of sp³-hybridized carbons (Fsp3) is 0.154. The van der Waals surface area contributed by atoms with Crippen LogP contribution in [0.25, 0.3) is 0 Å². The van der Waals surface area contributed by atoms with Gasteiger partial charge in [-0.15, -0.1) is 0 Å². The number of aromatic nitrogens is 2. The minimum atomic E-state index is -0.564. The van der Waals surface area contributed by atoms with Crippen molar-refractivity contribution >= 4 is 34.9 Å². The lowest BCUT2D eigenvalue weighted by atomic mass is 10.2. The van der Waals surface area contributed by atoms with E-state index in [-0.39, 0.29) is 28.2 Å². The molecule has 0 bridgehead atoms. The molecule has 0 unspecified atom stereocenters. The summed E-state index contributed by atoms with van der Waals surface area (Å²) < 4.78 is 5.03. The molecule has 1 aromatic carbocycles. The molecule has 0 atom stereocenters. The lowest BCUT2D eigenvalue weighted by molar-refractivity contribution is -0.384. The minimum Gasteiger partial charge on any atom is -0.494 e. The summed E-state index contributed by atoms with van der Waals surface area (Å²) in [7, 11) is 1.34. The summed E-state index contributed by atoms with van der Waals surface area (Å²) >= 11 is 0.990. The molecule has 24 heavy (non-hydrogen) atoms. The maximum Gasteiger partial charge on any atom is 0.273 e. The van der Waals surface area contributed by atoms with Gasteiger partial charge < -0.3 is 20.8 Å². The van der Waals surface area contributed by atoms with Gasteiger partial charge in [0.15, 0.2) is 5.16 Å². The Kier molecular flexibility index (Phi) is 5.37. The van der Waals surface area contributed by atoms with Crippen LogP contribution in [0.5, 0.6) is 5.75 Å². The third-order valence-electron chi connectivity index (χ3n) is 2.75. The van der Waals surface area contributed by atoms with Gasteiger partial charge >= 0.3 is 0 Å². The fourth-order valence-electron chi connectivity index (χ4n) is 1.74. The molecule has 0 saturated heterocycles. The molecule has 1 aromatic heterocycles. The molecular weight excluding hydrogens is 338 g/mol. The zero-order valence-corrected chi connectivity index (χ0v) is 13.3. The minimum absolute atomic E-state index is 0.0491. The number of carbonyl (C=O) groups is 1. The predicted octanol–water partition coefficient (Wildman–Crippen LogP) is 1.000. The molecule has 0 aliphatic carbocycles. The molecule has 10 nitrogen and oxygen atoms in total. The van der Waals surface area contributed by atoms with Gasteiger partial charge in [0, 0.05) is 12.1 Å². The van der Waals surface area contributed by atoms with Crippen molar-refractivity contribution in [2.24, 2.45) is 0 Å². The second-order valence-corrected chi connectivity index (χ2v) is 5.42. The lowest BCUT2D eigenvalue weighted by Crippen LogP contribution is -2.16. The summed E-state index contributed by atoms with van der Waals surface area (Å²) in [5.41, 5.74) is 5.18. The van der Waals surface area contributed by atoms with Crippen LogP contribution >= 0.6 is 11.8 Å². The number of methoxy groups -OCH3 is 1. The van der Waals surface area contributed by atoms with E-state index in [1.807, 2.05) is 0 Å². The number of aromatic amines is 1. The van der Waals surface area contributed by atoms with Crippen molar-refractivity contribution < 1.29 is 14.5 Å². The summed E-state index contributed by atoms with van der Waals surface area (Å²) in [6.45, 7) is 0. The summed E-state index contributed by atoms with van der Waals surface area (Å²) in [6, 6.07) is 4.97. The number of non-ortho nitro benzene ring substituents is 1. The second kappa shape index (κ2) is 7.46. The average Bonchev–Trinajstić information content (AvgIpc) is 2.52. The monoisotopic (exact) mass is 351 g/mol. The first kappa shape index (κ1) is 17.3. The summed E-state index contributed by atoms with van der Waals surface area (Å²) in [6.07, 6.45) is 0. The van der Waals surface area contributed by atoms with Crippen molar-refractivity contribution in [3.8, 4) is 5.75 Å². The smallest absolute Gasteiger partial charge is 0.273 e. The molecular formula is C13H13N5O5S. The molecule has 126 valence electrons. The van der Waals surface area contributed by atoms with Gasteiger partial charge in [-0.05, 0) is 6.07 Å². The molecule has 0 spiro atoms.